The molecule has 23 heavy (non-hydrogen) atoms. The number of hydrogen-bond acceptors (Lipinski definition) is 4. The number of carbonyl (C=O) groups is 2. The Bertz CT molecular complexity index is 437. The van der Waals surface area contributed by atoms with Crippen molar-refractivity contribution in [2.45, 2.75) is 84.6 Å². The van der Waals surface area contributed by atoms with Crippen molar-refractivity contribution in [2.75, 3.05) is 6.54 Å². The summed E-state index contributed by atoms with van der Waals surface area (Å²) in [6, 6.07) is 0.0874. The van der Waals surface area contributed by atoms with Gasteiger partial charge in [0.05, 0.1) is 0 Å². The molecule has 4 nitrogen and oxygen atoms in total. The molecule has 1 aliphatic rings. The molecule has 134 valence electrons. The molecule has 0 aliphatic carbocycles. The normalized spacial score (nSPS) is 21.9. The number of ether oxygens (including phenoxy) is 1. The minimum atomic E-state index is -0.489. The summed E-state index contributed by atoms with van der Waals surface area (Å²) < 4.78 is 5.44. The van der Waals surface area contributed by atoms with Gasteiger partial charge in [-0.15, -0.1) is 0 Å². The summed E-state index contributed by atoms with van der Waals surface area (Å²) in [7, 11) is 0. The molecule has 0 aromatic rings. The summed E-state index contributed by atoms with van der Waals surface area (Å²) in [5, 5.41) is 0.209. The highest BCUT2D eigenvalue weighted by molar-refractivity contribution is 8.14. The second-order valence-electron chi connectivity index (χ2n) is 8.56. The van der Waals surface area contributed by atoms with Crippen molar-refractivity contribution in [1.82, 2.24) is 4.90 Å². The van der Waals surface area contributed by atoms with Crippen molar-refractivity contribution in [3.8, 4) is 0 Å². The lowest BCUT2D eigenvalue weighted by molar-refractivity contribution is -0.116. The number of rotatable bonds is 3. The van der Waals surface area contributed by atoms with Crippen LogP contribution >= 0.6 is 11.8 Å². The maximum Gasteiger partial charge on any atom is 0.410 e. The van der Waals surface area contributed by atoms with Crippen molar-refractivity contribution in [3.63, 3.8) is 0 Å². The summed E-state index contributed by atoms with van der Waals surface area (Å²) in [4.78, 5) is 26.7. The molecular weight excluding hydrogens is 310 g/mol. The maximum absolute atomic E-state index is 12.5. The molecule has 5 heteroatoms. The molecule has 1 amide bonds. The van der Waals surface area contributed by atoms with Gasteiger partial charge in [-0.2, -0.15) is 0 Å². The highest BCUT2D eigenvalue weighted by atomic mass is 32.2. The standard InChI is InChI=1S/C18H33NO3S/c1-12(13(2)15(20)23-18(6,7)8)14-10-9-11-19(14)16(21)22-17(3,4)5/h12-14H,9-11H2,1-8H3. The second-order valence-corrected chi connectivity index (χ2v) is 10.4. The molecule has 0 spiro atoms. The Morgan fingerprint density at radius 1 is 1.13 bits per heavy atom. The molecule has 1 fully saturated rings. The van der Waals surface area contributed by atoms with E-state index in [9.17, 15) is 9.59 Å². The Hall–Kier alpha value is -0.710. The number of likely N-dealkylation sites (tertiary alicyclic amines) is 1. The molecule has 3 unspecified atom stereocenters. The van der Waals surface area contributed by atoms with Crippen molar-refractivity contribution >= 4 is 23.0 Å². The zero-order chi connectivity index (χ0) is 18.0. The Kier molecular flexibility index (Phi) is 6.59. The molecule has 0 aromatic heterocycles. The minimum Gasteiger partial charge on any atom is -0.444 e. The van der Waals surface area contributed by atoms with Gasteiger partial charge in [-0.1, -0.05) is 46.4 Å². The number of thioether (sulfide) groups is 1. The second kappa shape index (κ2) is 7.45. The molecule has 0 radical (unpaired) electrons. The van der Waals surface area contributed by atoms with Crippen LogP contribution in [0, 0.1) is 11.8 Å². The van der Waals surface area contributed by atoms with E-state index in [2.05, 4.69) is 27.7 Å². The van der Waals surface area contributed by atoms with E-state index in [-0.39, 0.29) is 33.8 Å². The summed E-state index contributed by atoms with van der Waals surface area (Å²) in [5.41, 5.74) is -0.489. The lowest BCUT2D eigenvalue weighted by atomic mass is 9.88. The van der Waals surface area contributed by atoms with Crippen molar-refractivity contribution in [3.05, 3.63) is 0 Å². The van der Waals surface area contributed by atoms with E-state index >= 15 is 0 Å². The third kappa shape index (κ3) is 6.36. The lowest BCUT2D eigenvalue weighted by Crippen LogP contribution is -2.44. The first-order valence-electron chi connectivity index (χ1n) is 8.54. The Labute approximate surface area is 145 Å². The quantitative estimate of drug-likeness (QED) is 0.744. The molecule has 0 N–H and O–H groups in total. The maximum atomic E-state index is 12.5. The van der Waals surface area contributed by atoms with Gasteiger partial charge in [0.15, 0.2) is 5.12 Å². The largest absolute Gasteiger partial charge is 0.444 e. The third-order valence-corrected chi connectivity index (χ3v) is 5.29. The Morgan fingerprint density at radius 3 is 2.17 bits per heavy atom. The zero-order valence-electron chi connectivity index (χ0n) is 15.9. The molecule has 1 rings (SSSR count). The lowest BCUT2D eigenvalue weighted by Gasteiger charge is -2.34. The molecule has 0 saturated carbocycles. The van der Waals surface area contributed by atoms with Gasteiger partial charge in [0, 0.05) is 23.3 Å². The van der Waals surface area contributed by atoms with Crippen LogP contribution in [-0.4, -0.2) is 39.0 Å². The van der Waals surface area contributed by atoms with Gasteiger partial charge in [0.2, 0.25) is 0 Å². The van der Waals surface area contributed by atoms with Gasteiger partial charge in [0.1, 0.15) is 5.60 Å². The third-order valence-electron chi connectivity index (χ3n) is 4.10. The fourth-order valence-corrected chi connectivity index (χ4v) is 3.83. The smallest absolute Gasteiger partial charge is 0.410 e. The van der Waals surface area contributed by atoms with Crippen molar-refractivity contribution in [2.24, 2.45) is 11.8 Å². The van der Waals surface area contributed by atoms with Crippen molar-refractivity contribution < 1.29 is 14.3 Å². The average Bonchev–Trinajstić information content (AvgIpc) is 2.81. The van der Waals surface area contributed by atoms with E-state index in [1.54, 1.807) is 0 Å². The van der Waals surface area contributed by atoms with E-state index in [1.165, 1.54) is 11.8 Å². The first kappa shape index (κ1) is 20.3. The van der Waals surface area contributed by atoms with Crippen LogP contribution in [0.25, 0.3) is 0 Å². The highest BCUT2D eigenvalue weighted by Gasteiger charge is 2.39. The van der Waals surface area contributed by atoms with Gasteiger partial charge < -0.3 is 9.64 Å². The average molecular weight is 344 g/mol. The fourth-order valence-electron chi connectivity index (χ4n) is 2.83. The van der Waals surface area contributed by atoms with Crippen LogP contribution in [0.3, 0.4) is 0 Å². The van der Waals surface area contributed by atoms with Gasteiger partial charge in [-0.3, -0.25) is 4.79 Å². The number of carbonyl (C=O) groups excluding carboxylic acids is 2. The predicted molar refractivity (Wildman–Crippen MR) is 96.6 cm³/mol. The van der Waals surface area contributed by atoms with Crippen LogP contribution in [0.2, 0.25) is 0 Å². The Morgan fingerprint density at radius 2 is 1.70 bits per heavy atom. The monoisotopic (exact) mass is 343 g/mol. The van der Waals surface area contributed by atoms with Gasteiger partial charge in [-0.25, -0.2) is 4.79 Å². The summed E-state index contributed by atoms with van der Waals surface area (Å²) in [5.74, 6) is 0.0552. The van der Waals surface area contributed by atoms with Gasteiger partial charge >= 0.3 is 6.09 Å². The van der Waals surface area contributed by atoms with E-state index in [4.69, 9.17) is 4.74 Å². The minimum absolute atomic E-state index is 0.0766. The molecule has 1 aliphatic heterocycles. The van der Waals surface area contributed by atoms with Gasteiger partial charge in [-0.05, 0) is 39.5 Å². The summed E-state index contributed by atoms with van der Waals surface area (Å²) in [6.07, 6.45) is 1.66. The van der Waals surface area contributed by atoms with E-state index in [0.29, 0.717) is 0 Å². The molecule has 0 aromatic carbocycles. The van der Waals surface area contributed by atoms with Gasteiger partial charge in [0.25, 0.3) is 0 Å². The van der Waals surface area contributed by atoms with Crippen LogP contribution in [-0.2, 0) is 9.53 Å². The van der Waals surface area contributed by atoms with Crippen LogP contribution < -0.4 is 0 Å². The van der Waals surface area contributed by atoms with Crippen LogP contribution in [0.4, 0.5) is 4.79 Å². The topological polar surface area (TPSA) is 46.6 Å². The number of hydrogen-bond donors (Lipinski definition) is 0. The first-order valence-corrected chi connectivity index (χ1v) is 9.36. The zero-order valence-corrected chi connectivity index (χ0v) is 16.8. The number of nitrogens with zero attached hydrogens (tertiary/aromatic N) is 1. The fraction of sp³-hybridized carbons (Fsp3) is 0.889. The van der Waals surface area contributed by atoms with E-state index in [1.807, 2.05) is 32.6 Å². The van der Waals surface area contributed by atoms with Crippen LogP contribution in [0.1, 0.15) is 68.2 Å². The van der Waals surface area contributed by atoms with Crippen LogP contribution in [0.5, 0.6) is 0 Å². The highest BCUT2D eigenvalue weighted by Crippen LogP contribution is 2.35. The van der Waals surface area contributed by atoms with Crippen LogP contribution in [0.15, 0.2) is 0 Å². The molecule has 1 saturated heterocycles. The van der Waals surface area contributed by atoms with E-state index < -0.39 is 5.60 Å². The molecule has 1 heterocycles. The molecule has 0 bridgehead atoms. The summed E-state index contributed by atoms with van der Waals surface area (Å²) in [6.45, 7) is 16.6. The number of amides is 1. The molecular formula is C18H33NO3S. The Balaban J connectivity index is 2.75. The molecule has 3 atom stereocenters. The SMILES string of the molecule is CC(C(=O)SC(C)(C)C)C(C)C1CCCN1C(=O)OC(C)(C)C. The summed E-state index contributed by atoms with van der Waals surface area (Å²) >= 11 is 1.40. The first-order chi connectivity index (χ1) is 10.3. The predicted octanol–water partition coefficient (Wildman–Crippen LogP) is 4.72. The van der Waals surface area contributed by atoms with E-state index in [0.717, 1.165) is 19.4 Å². The van der Waals surface area contributed by atoms with Crippen molar-refractivity contribution in [1.29, 1.82) is 0 Å².